The standard InChI is InChI=1S/C32H35N3O6/c1-20(36)40-31(3,4)24-16-23(17-25(29(24)39)32(5,6)41-21(2)37)28(38)19-35-27-15-11-10-14-26(27)34(30(35)33)18-22-12-8-7-9-13-22/h7-17,33,39H,18-19H2,1-6H3. The Bertz CT molecular complexity index is 1650. The van der Waals surface area contributed by atoms with Gasteiger partial charge in [0.05, 0.1) is 24.1 Å². The van der Waals surface area contributed by atoms with E-state index in [9.17, 15) is 19.5 Å². The van der Waals surface area contributed by atoms with E-state index >= 15 is 0 Å². The lowest BCUT2D eigenvalue weighted by molar-refractivity contribution is -0.155. The molecule has 0 saturated carbocycles. The molecule has 214 valence electrons. The van der Waals surface area contributed by atoms with E-state index in [1.54, 1.807) is 32.3 Å². The van der Waals surface area contributed by atoms with Crippen LogP contribution in [0.3, 0.4) is 0 Å². The van der Waals surface area contributed by atoms with Crippen molar-refractivity contribution in [2.75, 3.05) is 0 Å². The van der Waals surface area contributed by atoms with E-state index in [-0.39, 0.29) is 40.4 Å². The van der Waals surface area contributed by atoms with E-state index in [0.717, 1.165) is 16.6 Å². The van der Waals surface area contributed by atoms with Gasteiger partial charge in [0, 0.05) is 30.5 Å². The van der Waals surface area contributed by atoms with Gasteiger partial charge in [-0.05, 0) is 57.5 Å². The van der Waals surface area contributed by atoms with Gasteiger partial charge in [-0.1, -0.05) is 42.5 Å². The topological polar surface area (TPSA) is 124 Å². The highest BCUT2D eigenvalue weighted by Crippen LogP contribution is 2.41. The molecular weight excluding hydrogens is 522 g/mol. The summed E-state index contributed by atoms with van der Waals surface area (Å²) in [7, 11) is 0. The summed E-state index contributed by atoms with van der Waals surface area (Å²) in [4.78, 5) is 37.6. The van der Waals surface area contributed by atoms with Crippen LogP contribution in [0, 0.1) is 5.41 Å². The summed E-state index contributed by atoms with van der Waals surface area (Å²) in [6.45, 7) is 9.24. The third-order valence-electron chi connectivity index (χ3n) is 6.99. The van der Waals surface area contributed by atoms with Crippen molar-refractivity contribution in [1.29, 1.82) is 5.41 Å². The van der Waals surface area contributed by atoms with Gasteiger partial charge in [0.1, 0.15) is 17.0 Å². The maximum atomic E-state index is 13.9. The molecule has 0 aliphatic rings. The Morgan fingerprint density at radius 1 is 0.780 bits per heavy atom. The predicted molar refractivity (Wildman–Crippen MR) is 153 cm³/mol. The molecule has 3 aromatic carbocycles. The number of ketones is 1. The number of imidazole rings is 1. The first-order valence-corrected chi connectivity index (χ1v) is 13.3. The zero-order valence-corrected chi connectivity index (χ0v) is 24.1. The molecule has 0 atom stereocenters. The minimum absolute atomic E-state index is 0.156. The van der Waals surface area contributed by atoms with Gasteiger partial charge in [-0.15, -0.1) is 0 Å². The number of benzene rings is 3. The summed E-state index contributed by atoms with van der Waals surface area (Å²) >= 11 is 0. The first kappa shape index (κ1) is 29.3. The molecule has 9 nitrogen and oxygen atoms in total. The molecule has 4 rings (SSSR count). The fraction of sp³-hybridized carbons (Fsp3) is 0.312. The van der Waals surface area contributed by atoms with Crippen LogP contribution in [0.2, 0.25) is 0 Å². The van der Waals surface area contributed by atoms with Crippen molar-refractivity contribution < 1.29 is 29.0 Å². The Labute approximate surface area is 238 Å². The van der Waals surface area contributed by atoms with E-state index in [1.165, 1.54) is 26.0 Å². The number of hydrogen-bond donors (Lipinski definition) is 2. The number of nitrogens with zero attached hydrogens (tertiary/aromatic N) is 2. The van der Waals surface area contributed by atoms with Crippen molar-refractivity contribution >= 4 is 28.8 Å². The smallest absolute Gasteiger partial charge is 0.303 e. The van der Waals surface area contributed by atoms with Crippen LogP contribution in [0.5, 0.6) is 5.75 Å². The number of aromatic nitrogens is 2. The highest BCUT2D eigenvalue weighted by molar-refractivity contribution is 5.97. The lowest BCUT2D eigenvalue weighted by Gasteiger charge is -2.31. The highest BCUT2D eigenvalue weighted by Gasteiger charge is 2.35. The quantitative estimate of drug-likeness (QED) is 0.217. The second-order valence-corrected chi connectivity index (χ2v) is 11.0. The number of hydrogen-bond acceptors (Lipinski definition) is 7. The normalized spacial score (nSPS) is 11.9. The molecule has 4 aromatic rings. The zero-order chi connectivity index (χ0) is 30.1. The molecule has 41 heavy (non-hydrogen) atoms. The number of nitrogens with one attached hydrogen (secondary N) is 1. The van der Waals surface area contributed by atoms with Gasteiger partial charge in [-0.25, -0.2) is 0 Å². The van der Waals surface area contributed by atoms with Crippen LogP contribution < -0.4 is 5.62 Å². The van der Waals surface area contributed by atoms with Crippen LogP contribution in [0.25, 0.3) is 11.0 Å². The average molecular weight is 558 g/mol. The number of Topliss-reactive ketones (excluding diaryl/α,β-unsaturated/α-hetero) is 1. The fourth-order valence-electron chi connectivity index (χ4n) is 5.16. The van der Waals surface area contributed by atoms with E-state index in [1.807, 2.05) is 59.2 Å². The summed E-state index contributed by atoms with van der Waals surface area (Å²) < 4.78 is 14.5. The van der Waals surface area contributed by atoms with Crippen molar-refractivity contribution in [2.45, 2.75) is 65.8 Å². The van der Waals surface area contributed by atoms with Crippen LogP contribution in [0.1, 0.15) is 68.6 Å². The van der Waals surface area contributed by atoms with Gasteiger partial charge in [-0.2, -0.15) is 0 Å². The molecule has 2 N–H and O–H groups in total. The number of phenolic OH excluding ortho intramolecular Hbond substituents is 1. The van der Waals surface area contributed by atoms with Gasteiger partial charge >= 0.3 is 11.9 Å². The first-order valence-electron chi connectivity index (χ1n) is 13.3. The monoisotopic (exact) mass is 557 g/mol. The largest absolute Gasteiger partial charge is 0.507 e. The molecular formula is C32H35N3O6. The number of carbonyl (C=O) groups excluding carboxylic acids is 3. The van der Waals surface area contributed by atoms with E-state index < -0.39 is 23.1 Å². The number of fused-ring (bicyclic) bond motifs is 1. The first-order chi connectivity index (χ1) is 19.2. The molecule has 1 heterocycles. The fourth-order valence-corrected chi connectivity index (χ4v) is 5.16. The van der Waals surface area contributed by atoms with Crippen LogP contribution in [0.4, 0.5) is 0 Å². The van der Waals surface area contributed by atoms with Gasteiger partial charge in [-0.3, -0.25) is 19.8 Å². The van der Waals surface area contributed by atoms with E-state index in [4.69, 9.17) is 14.9 Å². The Morgan fingerprint density at radius 2 is 1.24 bits per heavy atom. The summed E-state index contributed by atoms with van der Waals surface area (Å²) in [5, 5.41) is 20.2. The van der Waals surface area contributed by atoms with Gasteiger partial charge in [0.25, 0.3) is 0 Å². The molecule has 0 aliphatic carbocycles. The molecule has 0 unspecified atom stereocenters. The molecule has 0 bridgehead atoms. The molecule has 0 radical (unpaired) electrons. The van der Waals surface area contributed by atoms with Crippen molar-refractivity contribution in [2.24, 2.45) is 0 Å². The summed E-state index contributed by atoms with van der Waals surface area (Å²) in [6.07, 6.45) is 0. The number of phenols is 1. The third kappa shape index (κ3) is 6.09. The van der Waals surface area contributed by atoms with Crippen molar-refractivity contribution in [1.82, 2.24) is 9.13 Å². The van der Waals surface area contributed by atoms with Crippen molar-refractivity contribution in [3.63, 3.8) is 0 Å². The molecule has 0 amide bonds. The molecule has 0 saturated heterocycles. The van der Waals surface area contributed by atoms with Crippen LogP contribution in [-0.4, -0.2) is 32.0 Å². The second-order valence-electron chi connectivity index (χ2n) is 11.0. The molecule has 1 aromatic heterocycles. The van der Waals surface area contributed by atoms with Crippen LogP contribution >= 0.6 is 0 Å². The SMILES string of the molecule is CC(=O)OC(C)(C)c1cc(C(=O)Cn2c(=N)n(Cc3ccccc3)c3ccccc32)cc(C(C)(C)OC(C)=O)c1O. The number of ether oxygens (including phenoxy) is 2. The van der Waals surface area contributed by atoms with Crippen LogP contribution in [0.15, 0.2) is 66.7 Å². The Kier molecular flexibility index (Phi) is 7.92. The van der Waals surface area contributed by atoms with Gasteiger partial charge < -0.3 is 23.7 Å². The molecule has 0 fully saturated rings. The Balaban J connectivity index is 1.83. The molecule has 9 heteroatoms. The molecule has 0 spiro atoms. The Hall–Kier alpha value is -4.66. The van der Waals surface area contributed by atoms with E-state index in [2.05, 4.69) is 0 Å². The third-order valence-corrected chi connectivity index (χ3v) is 6.99. The molecule has 0 aliphatic heterocycles. The average Bonchev–Trinajstić information content (AvgIpc) is 3.13. The van der Waals surface area contributed by atoms with Crippen molar-refractivity contribution in [3.05, 3.63) is 94.6 Å². The van der Waals surface area contributed by atoms with Crippen molar-refractivity contribution in [3.8, 4) is 5.75 Å². The summed E-state index contributed by atoms with van der Waals surface area (Å²) in [5.74, 6) is -1.71. The van der Waals surface area contributed by atoms with Crippen LogP contribution in [-0.2, 0) is 43.4 Å². The lowest BCUT2D eigenvalue weighted by Crippen LogP contribution is -2.30. The highest BCUT2D eigenvalue weighted by atomic mass is 16.6. The summed E-state index contributed by atoms with van der Waals surface area (Å²) in [6, 6.07) is 20.3. The zero-order valence-electron chi connectivity index (χ0n) is 24.1. The predicted octanol–water partition coefficient (Wildman–Crippen LogP) is 5.16. The number of esters is 2. The van der Waals surface area contributed by atoms with Gasteiger partial charge in [0.2, 0.25) is 5.62 Å². The maximum Gasteiger partial charge on any atom is 0.303 e. The lowest BCUT2D eigenvalue weighted by atomic mass is 9.86. The minimum atomic E-state index is -1.30. The second kappa shape index (κ2) is 11.1. The number of carbonyl (C=O) groups is 3. The van der Waals surface area contributed by atoms with Gasteiger partial charge in [0.15, 0.2) is 5.78 Å². The number of rotatable bonds is 9. The summed E-state index contributed by atoms with van der Waals surface area (Å²) in [5.41, 5.74) is 0.707. The Morgan fingerprint density at radius 3 is 1.73 bits per heavy atom. The van der Waals surface area contributed by atoms with E-state index in [0.29, 0.717) is 6.54 Å². The number of aromatic hydroxyl groups is 1. The maximum absolute atomic E-state index is 13.9. The minimum Gasteiger partial charge on any atom is -0.507 e. The number of para-hydroxylation sites is 2.